The normalized spacial score (nSPS) is 10.0. The van der Waals surface area contributed by atoms with Crippen LogP contribution in [0.3, 0.4) is 0 Å². The predicted molar refractivity (Wildman–Crippen MR) is 47.9 cm³/mol. The first-order chi connectivity index (χ1) is 6.25. The maximum Gasteiger partial charge on any atom is 0.256 e. The number of carbonyl (C=O) groups excluding carboxylic acids is 1. The predicted octanol–water partition coefficient (Wildman–Crippen LogP) is 1.31. The lowest BCUT2D eigenvalue weighted by molar-refractivity contribution is 0.0936. The first-order valence-electron chi connectivity index (χ1n) is 3.76. The van der Waals surface area contributed by atoms with E-state index in [0.717, 1.165) is 0 Å². The van der Waals surface area contributed by atoms with Crippen molar-refractivity contribution >= 4 is 17.5 Å². The van der Waals surface area contributed by atoms with Gasteiger partial charge in [-0.25, -0.2) is 0 Å². The van der Waals surface area contributed by atoms with Crippen LogP contribution in [0.15, 0.2) is 16.7 Å². The summed E-state index contributed by atoms with van der Waals surface area (Å²) < 4.78 is 9.53. The first kappa shape index (κ1) is 10.1. The number of ether oxygens (including phenoxy) is 1. The zero-order chi connectivity index (χ0) is 9.68. The third kappa shape index (κ3) is 2.75. The van der Waals surface area contributed by atoms with E-state index in [4.69, 9.17) is 20.8 Å². The van der Waals surface area contributed by atoms with Gasteiger partial charge in [0.15, 0.2) is 0 Å². The average molecular weight is 204 g/mol. The second-order valence-corrected chi connectivity index (χ2v) is 2.70. The molecule has 0 aromatic carbocycles. The SMILES string of the molecule is COCCNC(=O)c1ccoc1Cl. The van der Waals surface area contributed by atoms with Crippen molar-refractivity contribution in [2.75, 3.05) is 20.3 Å². The lowest BCUT2D eigenvalue weighted by Gasteiger charge is -2.01. The lowest BCUT2D eigenvalue weighted by atomic mass is 10.3. The second-order valence-electron chi connectivity index (χ2n) is 2.36. The number of furan rings is 1. The van der Waals surface area contributed by atoms with Crippen LogP contribution in [0.25, 0.3) is 0 Å². The molecule has 0 fully saturated rings. The van der Waals surface area contributed by atoms with Gasteiger partial charge in [-0.15, -0.1) is 0 Å². The summed E-state index contributed by atoms with van der Waals surface area (Å²) in [5, 5.41) is 2.72. The van der Waals surface area contributed by atoms with Crippen LogP contribution in [0.1, 0.15) is 10.4 Å². The highest BCUT2D eigenvalue weighted by molar-refractivity contribution is 6.32. The van der Waals surface area contributed by atoms with Crippen molar-refractivity contribution in [2.45, 2.75) is 0 Å². The third-order valence-electron chi connectivity index (χ3n) is 1.45. The van der Waals surface area contributed by atoms with Crippen molar-refractivity contribution in [3.8, 4) is 0 Å². The molecule has 1 heterocycles. The Morgan fingerprint density at radius 3 is 3.08 bits per heavy atom. The molecule has 72 valence electrons. The molecule has 4 nitrogen and oxygen atoms in total. The number of rotatable bonds is 4. The monoisotopic (exact) mass is 203 g/mol. The molecule has 0 bridgehead atoms. The van der Waals surface area contributed by atoms with Crippen molar-refractivity contribution in [2.24, 2.45) is 0 Å². The Labute approximate surface area is 80.8 Å². The average Bonchev–Trinajstić information content (AvgIpc) is 2.52. The van der Waals surface area contributed by atoms with E-state index in [1.54, 1.807) is 7.11 Å². The molecule has 1 aromatic heterocycles. The van der Waals surface area contributed by atoms with E-state index < -0.39 is 0 Å². The quantitative estimate of drug-likeness (QED) is 0.751. The van der Waals surface area contributed by atoms with Gasteiger partial charge >= 0.3 is 0 Å². The highest BCUT2D eigenvalue weighted by atomic mass is 35.5. The molecule has 0 aliphatic heterocycles. The molecule has 13 heavy (non-hydrogen) atoms. The molecule has 0 aliphatic rings. The highest BCUT2D eigenvalue weighted by Crippen LogP contribution is 2.15. The van der Waals surface area contributed by atoms with Crippen molar-refractivity contribution in [1.29, 1.82) is 0 Å². The summed E-state index contributed by atoms with van der Waals surface area (Å²) >= 11 is 5.59. The van der Waals surface area contributed by atoms with Crippen LogP contribution < -0.4 is 5.32 Å². The van der Waals surface area contributed by atoms with Gasteiger partial charge in [-0.05, 0) is 17.7 Å². The summed E-state index contributed by atoms with van der Waals surface area (Å²) in [5.74, 6) is -0.254. The Morgan fingerprint density at radius 2 is 2.54 bits per heavy atom. The molecule has 0 atom stereocenters. The Hall–Kier alpha value is -1.00. The topological polar surface area (TPSA) is 51.5 Å². The Balaban J connectivity index is 2.45. The highest BCUT2D eigenvalue weighted by Gasteiger charge is 2.11. The van der Waals surface area contributed by atoms with E-state index in [1.165, 1.54) is 12.3 Å². The van der Waals surface area contributed by atoms with Gasteiger partial charge in [-0.3, -0.25) is 4.79 Å². The maximum absolute atomic E-state index is 11.3. The molecular formula is C8H10ClNO3. The van der Waals surface area contributed by atoms with Crippen LogP contribution in [0, 0.1) is 0 Å². The minimum absolute atomic E-state index is 0.106. The van der Waals surface area contributed by atoms with E-state index in [0.29, 0.717) is 18.7 Å². The molecule has 1 N–H and O–H groups in total. The molecule has 0 radical (unpaired) electrons. The Bertz CT molecular complexity index is 285. The fourth-order valence-corrected chi connectivity index (χ4v) is 1.02. The molecular weight excluding hydrogens is 194 g/mol. The largest absolute Gasteiger partial charge is 0.452 e. The zero-order valence-electron chi connectivity index (χ0n) is 7.17. The van der Waals surface area contributed by atoms with Crippen LogP contribution in [0.2, 0.25) is 5.22 Å². The summed E-state index contributed by atoms with van der Waals surface area (Å²) in [7, 11) is 1.57. The number of hydrogen-bond acceptors (Lipinski definition) is 3. The molecule has 0 spiro atoms. The minimum Gasteiger partial charge on any atom is -0.452 e. The molecule has 0 unspecified atom stereocenters. The number of methoxy groups -OCH3 is 1. The van der Waals surface area contributed by atoms with Gasteiger partial charge in [0.05, 0.1) is 18.4 Å². The van der Waals surface area contributed by atoms with Crippen LogP contribution in [-0.2, 0) is 4.74 Å². The third-order valence-corrected chi connectivity index (χ3v) is 1.75. The minimum atomic E-state index is -0.254. The zero-order valence-corrected chi connectivity index (χ0v) is 7.93. The molecule has 0 aliphatic carbocycles. The van der Waals surface area contributed by atoms with Crippen molar-refractivity contribution < 1.29 is 13.9 Å². The maximum atomic E-state index is 11.3. The van der Waals surface area contributed by atoms with Gasteiger partial charge < -0.3 is 14.5 Å². The van der Waals surface area contributed by atoms with E-state index >= 15 is 0 Å². The van der Waals surface area contributed by atoms with Gasteiger partial charge in [0.1, 0.15) is 0 Å². The van der Waals surface area contributed by atoms with Crippen LogP contribution in [0.4, 0.5) is 0 Å². The fraction of sp³-hybridized carbons (Fsp3) is 0.375. The molecule has 0 saturated heterocycles. The summed E-state index contributed by atoms with van der Waals surface area (Å²) in [4.78, 5) is 11.3. The van der Waals surface area contributed by atoms with Gasteiger partial charge in [-0.1, -0.05) is 0 Å². The Kier molecular flexibility index (Phi) is 3.79. The number of carbonyl (C=O) groups is 1. The number of amides is 1. The number of nitrogens with one attached hydrogen (secondary N) is 1. The van der Waals surface area contributed by atoms with Crippen molar-refractivity contribution in [1.82, 2.24) is 5.32 Å². The standard InChI is InChI=1S/C8H10ClNO3/c1-12-5-3-10-8(11)6-2-4-13-7(6)9/h2,4H,3,5H2,1H3,(H,10,11). The molecule has 1 aromatic rings. The second kappa shape index (κ2) is 4.89. The van der Waals surface area contributed by atoms with Crippen LogP contribution in [-0.4, -0.2) is 26.2 Å². The van der Waals surface area contributed by atoms with Gasteiger partial charge in [0, 0.05) is 13.7 Å². The van der Waals surface area contributed by atoms with Crippen molar-refractivity contribution in [3.63, 3.8) is 0 Å². The summed E-state index contributed by atoms with van der Waals surface area (Å²) in [5.41, 5.74) is 0.345. The fourth-order valence-electron chi connectivity index (χ4n) is 0.818. The summed E-state index contributed by atoms with van der Waals surface area (Å²) in [6, 6.07) is 1.52. The summed E-state index contributed by atoms with van der Waals surface area (Å²) in [6.07, 6.45) is 1.37. The van der Waals surface area contributed by atoms with Gasteiger partial charge in [-0.2, -0.15) is 0 Å². The Morgan fingerprint density at radius 1 is 1.77 bits per heavy atom. The van der Waals surface area contributed by atoms with Gasteiger partial charge in [0.25, 0.3) is 5.91 Å². The summed E-state index contributed by atoms with van der Waals surface area (Å²) in [6.45, 7) is 0.929. The van der Waals surface area contributed by atoms with E-state index in [2.05, 4.69) is 5.32 Å². The first-order valence-corrected chi connectivity index (χ1v) is 4.13. The van der Waals surface area contributed by atoms with E-state index in [1.807, 2.05) is 0 Å². The van der Waals surface area contributed by atoms with E-state index in [9.17, 15) is 4.79 Å². The van der Waals surface area contributed by atoms with E-state index in [-0.39, 0.29) is 11.1 Å². The smallest absolute Gasteiger partial charge is 0.256 e. The molecule has 1 rings (SSSR count). The molecule has 1 amide bonds. The molecule has 0 saturated carbocycles. The van der Waals surface area contributed by atoms with Crippen molar-refractivity contribution in [3.05, 3.63) is 23.1 Å². The number of hydrogen-bond donors (Lipinski definition) is 1. The van der Waals surface area contributed by atoms with Gasteiger partial charge in [0.2, 0.25) is 5.22 Å². The molecule has 5 heteroatoms. The van der Waals surface area contributed by atoms with Crippen LogP contribution in [0.5, 0.6) is 0 Å². The van der Waals surface area contributed by atoms with Crippen LogP contribution >= 0.6 is 11.6 Å². The lowest BCUT2D eigenvalue weighted by Crippen LogP contribution is -2.26. The number of halogens is 1.